The fourth-order valence-corrected chi connectivity index (χ4v) is 3.47. The Labute approximate surface area is 120 Å². The summed E-state index contributed by atoms with van der Waals surface area (Å²) >= 11 is 0. The first-order valence-electron chi connectivity index (χ1n) is 7.61. The van der Waals surface area contributed by atoms with Crippen molar-refractivity contribution in [2.45, 2.75) is 52.4 Å². The second-order valence-electron chi connectivity index (χ2n) is 7.14. The van der Waals surface area contributed by atoms with Gasteiger partial charge in [0.15, 0.2) is 0 Å². The summed E-state index contributed by atoms with van der Waals surface area (Å²) in [6.07, 6.45) is 5.39. The van der Waals surface area contributed by atoms with Crippen molar-refractivity contribution in [1.29, 1.82) is 0 Å². The van der Waals surface area contributed by atoms with Crippen molar-refractivity contribution in [1.82, 2.24) is 10.2 Å². The summed E-state index contributed by atoms with van der Waals surface area (Å²) in [5.74, 6) is -0.769. The molecule has 5 nitrogen and oxygen atoms in total. The molecule has 0 radical (unpaired) electrons. The lowest BCUT2D eigenvalue weighted by Gasteiger charge is -2.38. The van der Waals surface area contributed by atoms with E-state index in [1.165, 1.54) is 0 Å². The Morgan fingerprint density at radius 3 is 2.35 bits per heavy atom. The fourth-order valence-electron chi connectivity index (χ4n) is 3.47. The van der Waals surface area contributed by atoms with Gasteiger partial charge < -0.3 is 15.3 Å². The molecule has 2 amide bonds. The van der Waals surface area contributed by atoms with Crippen LogP contribution < -0.4 is 5.32 Å². The van der Waals surface area contributed by atoms with Crippen LogP contribution in [0.4, 0.5) is 4.79 Å². The van der Waals surface area contributed by atoms with Gasteiger partial charge in [-0.2, -0.15) is 0 Å². The second-order valence-corrected chi connectivity index (χ2v) is 7.14. The Balaban J connectivity index is 1.90. The van der Waals surface area contributed by atoms with E-state index in [9.17, 15) is 14.7 Å². The van der Waals surface area contributed by atoms with Crippen LogP contribution in [0.15, 0.2) is 0 Å². The molecular weight excluding hydrogens is 256 g/mol. The van der Waals surface area contributed by atoms with Gasteiger partial charge in [-0.15, -0.1) is 0 Å². The Kier molecular flexibility index (Phi) is 4.25. The molecule has 2 fully saturated rings. The second kappa shape index (κ2) is 5.62. The zero-order chi connectivity index (χ0) is 14.8. The molecule has 1 aliphatic heterocycles. The summed E-state index contributed by atoms with van der Waals surface area (Å²) in [5.41, 5.74) is -0.575. The Hall–Kier alpha value is -1.26. The van der Waals surface area contributed by atoms with E-state index < -0.39 is 11.4 Å². The lowest BCUT2D eigenvalue weighted by Crippen LogP contribution is -2.51. The molecule has 20 heavy (non-hydrogen) atoms. The van der Waals surface area contributed by atoms with Gasteiger partial charge in [0.05, 0.1) is 5.41 Å². The molecule has 0 bridgehead atoms. The quantitative estimate of drug-likeness (QED) is 0.835. The smallest absolute Gasteiger partial charge is 0.317 e. The first-order chi connectivity index (χ1) is 9.35. The number of amides is 2. The van der Waals surface area contributed by atoms with Crippen LogP contribution in [-0.4, -0.2) is 41.6 Å². The van der Waals surface area contributed by atoms with Crippen molar-refractivity contribution >= 4 is 12.0 Å². The topological polar surface area (TPSA) is 69.6 Å². The maximum absolute atomic E-state index is 12.2. The highest BCUT2D eigenvalue weighted by molar-refractivity contribution is 5.78. The third-order valence-corrected chi connectivity index (χ3v) is 4.78. The fraction of sp³-hybridized carbons (Fsp3) is 0.867. The molecule has 1 saturated carbocycles. The highest BCUT2D eigenvalue weighted by Gasteiger charge is 2.42. The molecule has 2 N–H and O–H groups in total. The van der Waals surface area contributed by atoms with E-state index in [1.54, 1.807) is 0 Å². The number of likely N-dealkylation sites (tertiary alicyclic amines) is 1. The van der Waals surface area contributed by atoms with E-state index in [0.29, 0.717) is 12.8 Å². The average molecular weight is 282 g/mol. The van der Waals surface area contributed by atoms with Gasteiger partial charge in [-0.05, 0) is 31.1 Å². The molecule has 1 heterocycles. The third-order valence-electron chi connectivity index (χ3n) is 4.78. The third kappa shape index (κ3) is 3.25. The molecule has 0 aromatic rings. The number of carbonyl (C=O) groups is 2. The zero-order valence-electron chi connectivity index (χ0n) is 12.6. The minimum absolute atomic E-state index is 0.106. The molecule has 0 unspecified atom stereocenters. The van der Waals surface area contributed by atoms with E-state index in [1.807, 2.05) is 4.90 Å². The molecular formula is C15H26N2O3. The number of hydrogen-bond donors (Lipinski definition) is 2. The van der Waals surface area contributed by atoms with Crippen molar-refractivity contribution in [3.05, 3.63) is 0 Å². The average Bonchev–Trinajstić information content (AvgIpc) is 2.85. The maximum Gasteiger partial charge on any atom is 0.317 e. The lowest BCUT2D eigenvalue weighted by atomic mass is 9.84. The molecule has 0 atom stereocenters. The van der Waals surface area contributed by atoms with Crippen molar-refractivity contribution in [3.63, 3.8) is 0 Å². The van der Waals surface area contributed by atoms with Gasteiger partial charge >= 0.3 is 12.0 Å². The number of carbonyl (C=O) groups excluding carboxylic acids is 1. The van der Waals surface area contributed by atoms with Crippen LogP contribution in [0.2, 0.25) is 0 Å². The summed E-state index contributed by atoms with van der Waals surface area (Å²) in [6.45, 7) is 6.12. The largest absolute Gasteiger partial charge is 0.481 e. The van der Waals surface area contributed by atoms with Gasteiger partial charge in [0.1, 0.15) is 0 Å². The van der Waals surface area contributed by atoms with Gasteiger partial charge in [0.25, 0.3) is 0 Å². The molecule has 2 rings (SSSR count). The summed E-state index contributed by atoms with van der Waals surface area (Å²) in [5, 5.41) is 12.3. The highest BCUT2D eigenvalue weighted by Crippen LogP contribution is 2.38. The minimum Gasteiger partial charge on any atom is -0.481 e. The van der Waals surface area contributed by atoms with Gasteiger partial charge in [-0.25, -0.2) is 4.79 Å². The van der Waals surface area contributed by atoms with Crippen LogP contribution in [0.1, 0.15) is 52.4 Å². The predicted octanol–water partition coefficient (Wildman–Crippen LogP) is 2.46. The van der Waals surface area contributed by atoms with E-state index in [0.717, 1.165) is 38.8 Å². The van der Waals surface area contributed by atoms with E-state index in [-0.39, 0.29) is 18.0 Å². The van der Waals surface area contributed by atoms with Crippen molar-refractivity contribution in [2.75, 3.05) is 19.6 Å². The standard InChI is InChI=1S/C15H26N2O3/c1-14(2)6-5-9-17(11-14)13(20)16-10-15(12(18)19)7-3-4-8-15/h3-11H2,1-2H3,(H,16,20)(H,18,19). The van der Waals surface area contributed by atoms with Crippen LogP contribution in [0.3, 0.4) is 0 Å². The lowest BCUT2D eigenvalue weighted by molar-refractivity contribution is -0.148. The van der Waals surface area contributed by atoms with Gasteiger partial charge in [-0.1, -0.05) is 26.7 Å². The summed E-state index contributed by atoms with van der Waals surface area (Å²) in [7, 11) is 0. The van der Waals surface area contributed by atoms with Gasteiger partial charge in [0.2, 0.25) is 0 Å². The van der Waals surface area contributed by atoms with Gasteiger partial charge in [-0.3, -0.25) is 4.79 Å². The maximum atomic E-state index is 12.2. The first-order valence-corrected chi connectivity index (χ1v) is 7.61. The number of piperidine rings is 1. The SMILES string of the molecule is CC1(C)CCCN(C(=O)NCC2(C(=O)O)CCCC2)C1. The van der Waals surface area contributed by atoms with E-state index >= 15 is 0 Å². The number of urea groups is 1. The van der Waals surface area contributed by atoms with Crippen molar-refractivity contribution in [3.8, 4) is 0 Å². The molecule has 0 spiro atoms. The highest BCUT2D eigenvalue weighted by atomic mass is 16.4. The molecule has 1 aliphatic carbocycles. The zero-order valence-corrected chi connectivity index (χ0v) is 12.6. The molecule has 0 aromatic carbocycles. The number of hydrogen-bond acceptors (Lipinski definition) is 2. The number of rotatable bonds is 3. The van der Waals surface area contributed by atoms with E-state index in [2.05, 4.69) is 19.2 Å². The molecule has 5 heteroatoms. The summed E-state index contributed by atoms with van der Waals surface area (Å²) in [6, 6.07) is -0.106. The molecule has 1 saturated heterocycles. The van der Waals surface area contributed by atoms with Crippen LogP contribution in [0.25, 0.3) is 0 Å². The van der Waals surface area contributed by atoms with Crippen LogP contribution >= 0.6 is 0 Å². The normalized spacial score (nSPS) is 24.4. The Bertz CT molecular complexity index is 387. The van der Waals surface area contributed by atoms with Crippen LogP contribution in [0.5, 0.6) is 0 Å². The number of carboxylic acid groups (broad SMARTS) is 1. The number of nitrogens with zero attached hydrogens (tertiary/aromatic N) is 1. The number of aliphatic carboxylic acids is 1. The minimum atomic E-state index is -0.769. The van der Waals surface area contributed by atoms with Crippen molar-refractivity contribution < 1.29 is 14.7 Å². The van der Waals surface area contributed by atoms with Crippen LogP contribution in [-0.2, 0) is 4.79 Å². The molecule has 2 aliphatic rings. The predicted molar refractivity (Wildman–Crippen MR) is 76.5 cm³/mol. The van der Waals surface area contributed by atoms with Gasteiger partial charge in [0, 0.05) is 19.6 Å². The number of carboxylic acids is 1. The van der Waals surface area contributed by atoms with Crippen LogP contribution in [0, 0.1) is 10.8 Å². The molecule has 114 valence electrons. The Morgan fingerprint density at radius 2 is 1.80 bits per heavy atom. The molecule has 0 aromatic heterocycles. The van der Waals surface area contributed by atoms with E-state index in [4.69, 9.17) is 0 Å². The summed E-state index contributed by atoms with van der Waals surface area (Å²) < 4.78 is 0. The Morgan fingerprint density at radius 1 is 1.15 bits per heavy atom. The van der Waals surface area contributed by atoms with Crippen molar-refractivity contribution in [2.24, 2.45) is 10.8 Å². The first kappa shape index (κ1) is 15.1. The summed E-state index contributed by atoms with van der Waals surface area (Å²) in [4.78, 5) is 25.5. The monoisotopic (exact) mass is 282 g/mol. The number of nitrogens with one attached hydrogen (secondary N) is 1.